The van der Waals surface area contributed by atoms with Crippen LogP contribution in [0.4, 0.5) is 0 Å². The van der Waals surface area contributed by atoms with Crippen molar-refractivity contribution in [3.8, 4) is 0 Å². The van der Waals surface area contributed by atoms with Crippen LogP contribution < -0.4 is 10.6 Å². The first-order valence-corrected chi connectivity index (χ1v) is 35.0. The van der Waals surface area contributed by atoms with Crippen molar-refractivity contribution >= 4 is 17.6 Å². The molecule has 0 rings (SSSR count). The summed E-state index contributed by atoms with van der Waals surface area (Å²) in [5, 5.41) is 43.3. The van der Waals surface area contributed by atoms with Gasteiger partial charge in [-0.25, -0.2) is 0 Å². The maximum Gasteiger partial charge on any atom is 0.221 e. The third-order valence-electron chi connectivity index (χ3n) is 16.1. The van der Waals surface area contributed by atoms with Crippen molar-refractivity contribution in [1.29, 1.82) is 0 Å². The van der Waals surface area contributed by atoms with E-state index < -0.39 is 0 Å². The average molecular weight is 1140 g/mol. The van der Waals surface area contributed by atoms with Gasteiger partial charge in [-0.1, -0.05) is 258 Å². The number of amides is 2. The zero-order valence-corrected chi connectivity index (χ0v) is 53.7. The van der Waals surface area contributed by atoms with Gasteiger partial charge in [-0.05, 0) is 45.1 Å². The maximum absolute atomic E-state index is 12.6. The van der Waals surface area contributed by atoms with E-state index in [0.717, 1.165) is 64.6 Å². The van der Waals surface area contributed by atoms with Crippen LogP contribution in [-0.2, 0) is 14.4 Å². The number of aliphatic hydroxyl groups excluding tert-OH is 4. The minimum atomic E-state index is 0.0538. The van der Waals surface area contributed by atoms with Crippen molar-refractivity contribution in [2.45, 2.75) is 323 Å². The highest BCUT2D eigenvalue weighted by Gasteiger charge is 2.13. The molecule has 0 saturated heterocycles. The molecule has 0 unspecified atom stereocenters. The first-order valence-electron chi connectivity index (χ1n) is 35.0. The summed E-state index contributed by atoms with van der Waals surface area (Å²) in [6.45, 7) is 14.8. The second-order valence-corrected chi connectivity index (χ2v) is 23.8. The van der Waals surface area contributed by atoms with Gasteiger partial charge in [0.05, 0.1) is 19.8 Å². The fourth-order valence-corrected chi connectivity index (χ4v) is 10.7. The van der Waals surface area contributed by atoms with E-state index in [1.54, 1.807) is 0 Å². The molecule has 0 fully saturated rings. The number of rotatable bonds is 66. The quantitative estimate of drug-likeness (QED) is 0.0323. The molecule has 6 N–H and O–H groups in total. The molecule has 0 atom stereocenters. The molecule has 0 aliphatic heterocycles. The lowest BCUT2D eigenvalue weighted by molar-refractivity contribution is -0.122. The smallest absolute Gasteiger partial charge is 0.221 e. The molecular formula is C68H139N5O7. The topological polar surface area (TPSA) is 166 Å². The van der Waals surface area contributed by atoms with Crippen molar-refractivity contribution in [3.63, 3.8) is 0 Å². The van der Waals surface area contributed by atoms with Crippen LogP contribution in [0.1, 0.15) is 323 Å². The van der Waals surface area contributed by atoms with E-state index in [0.29, 0.717) is 83.8 Å². The van der Waals surface area contributed by atoms with Crippen LogP contribution in [0.15, 0.2) is 0 Å². The van der Waals surface area contributed by atoms with Gasteiger partial charge in [0.15, 0.2) is 0 Å². The minimum absolute atomic E-state index is 0.0538. The number of Topliss-reactive ketones (excluding diaryl/α,β-unsaturated/α-hetero) is 1. The molecule has 12 nitrogen and oxygen atoms in total. The Bertz CT molecular complexity index is 1170. The summed E-state index contributed by atoms with van der Waals surface area (Å²) in [5.74, 6) is 0.514. The number of nitrogens with one attached hydrogen (secondary N) is 2. The number of carbonyl (C=O) groups is 3. The third-order valence-corrected chi connectivity index (χ3v) is 16.1. The molecule has 0 radical (unpaired) electrons. The molecule has 0 aromatic heterocycles. The first-order chi connectivity index (χ1) is 39.3. The molecule has 12 heteroatoms. The van der Waals surface area contributed by atoms with Crippen molar-refractivity contribution in [2.75, 3.05) is 98.4 Å². The predicted octanol–water partition coefficient (Wildman–Crippen LogP) is 15.0. The Kier molecular flexibility index (Phi) is 70.2. The van der Waals surface area contributed by atoms with Crippen LogP contribution in [0.25, 0.3) is 0 Å². The normalized spacial score (nSPS) is 11.5. The lowest BCUT2D eigenvalue weighted by Crippen LogP contribution is -2.40. The molecule has 0 spiro atoms. The second-order valence-electron chi connectivity index (χ2n) is 23.8. The molecule has 0 saturated carbocycles. The molecule has 0 aliphatic carbocycles. The number of carbonyl (C=O) groups excluding carboxylic acids is 3. The van der Waals surface area contributed by atoms with Gasteiger partial charge in [-0.2, -0.15) is 0 Å². The predicted molar refractivity (Wildman–Crippen MR) is 343 cm³/mol. The van der Waals surface area contributed by atoms with Gasteiger partial charge < -0.3 is 36.0 Å². The van der Waals surface area contributed by atoms with E-state index in [-0.39, 0.29) is 38.2 Å². The van der Waals surface area contributed by atoms with E-state index in [2.05, 4.69) is 46.1 Å². The molecule has 478 valence electrons. The highest BCUT2D eigenvalue weighted by atomic mass is 16.3. The molecule has 0 aromatic rings. The van der Waals surface area contributed by atoms with Crippen LogP contribution in [0.2, 0.25) is 0 Å². The largest absolute Gasteiger partial charge is 0.396 e. The number of ketones is 1. The lowest BCUT2D eigenvalue weighted by atomic mass is 10.0. The van der Waals surface area contributed by atoms with Crippen LogP contribution >= 0.6 is 0 Å². The minimum Gasteiger partial charge on any atom is -0.396 e. The Balaban J connectivity index is 0. The summed E-state index contributed by atoms with van der Waals surface area (Å²) >= 11 is 0. The van der Waals surface area contributed by atoms with Crippen LogP contribution in [0, 0.1) is 0 Å². The summed E-state index contributed by atoms with van der Waals surface area (Å²) in [5.41, 5.74) is 0. The number of unbranched alkanes of at least 4 members (excludes halogenated alkanes) is 39. The summed E-state index contributed by atoms with van der Waals surface area (Å²) < 4.78 is 0. The molecule has 2 amide bonds. The zero-order chi connectivity index (χ0) is 58.7. The van der Waals surface area contributed by atoms with E-state index in [9.17, 15) is 24.6 Å². The highest BCUT2D eigenvalue weighted by Crippen LogP contribution is 2.16. The Morgan fingerprint density at radius 2 is 0.512 bits per heavy atom. The maximum atomic E-state index is 12.6. The number of nitrogens with zero attached hydrogens (tertiary/aromatic N) is 3. The van der Waals surface area contributed by atoms with Crippen LogP contribution in [0.5, 0.6) is 0 Å². The van der Waals surface area contributed by atoms with Gasteiger partial charge in [0.25, 0.3) is 0 Å². The van der Waals surface area contributed by atoms with Crippen LogP contribution in [0.3, 0.4) is 0 Å². The molecule has 0 heterocycles. The number of hydrogen-bond donors (Lipinski definition) is 6. The lowest BCUT2D eigenvalue weighted by Gasteiger charge is -2.26. The Hall–Kier alpha value is -1.67. The van der Waals surface area contributed by atoms with Crippen molar-refractivity contribution in [3.05, 3.63) is 0 Å². The van der Waals surface area contributed by atoms with Gasteiger partial charge in [0.2, 0.25) is 11.8 Å². The molecule has 80 heavy (non-hydrogen) atoms. The Morgan fingerprint density at radius 1 is 0.250 bits per heavy atom. The van der Waals surface area contributed by atoms with E-state index >= 15 is 0 Å². The van der Waals surface area contributed by atoms with E-state index in [4.69, 9.17) is 10.2 Å². The number of aliphatic hydroxyl groups is 4. The summed E-state index contributed by atoms with van der Waals surface area (Å²) in [7, 11) is 0. The van der Waals surface area contributed by atoms with Crippen molar-refractivity contribution < 1.29 is 34.8 Å². The van der Waals surface area contributed by atoms with Crippen molar-refractivity contribution in [2.24, 2.45) is 0 Å². The van der Waals surface area contributed by atoms with Gasteiger partial charge in [0, 0.05) is 97.7 Å². The monoisotopic (exact) mass is 1140 g/mol. The summed E-state index contributed by atoms with van der Waals surface area (Å²) in [4.78, 5) is 43.4. The Morgan fingerprint density at radius 3 is 0.812 bits per heavy atom. The summed E-state index contributed by atoms with van der Waals surface area (Å²) in [6, 6.07) is 0. The van der Waals surface area contributed by atoms with Gasteiger partial charge in [-0.3, -0.25) is 24.2 Å². The fourth-order valence-electron chi connectivity index (χ4n) is 10.7. The first kappa shape index (κ1) is 80.4. The fraction of sp³-hybridized carbons (Fsp3) is 0.956. The third kappa shape index (κ3) is 65.5. The van der Waals surface area contributed by atoms with Gasteiger partial charge >= 0.3 is 0 Å². The Labute approximate surface area is 496 Å². The zero-order valence-electron chi connectivity index (χ0n) is 53.7. The van der Waals surface area contributed by atoms with Gasteiger partial charge in [-0.15, -0.1) is 0 Å². The molecular weight excluding hydrogens is 999 g/mol. The standard InChI is InChI=1S/C43H87N3O4.C25H52N2O3/c1-3-5-7-9-11-13-15-17-18-20-22-24-26-28-30-42(49)31-34-45(38-40-47)36-37-46(39-41-48)35-32-43(50)44-33-29-27-25-23-21-19-16-14-12-10-8-6-4-2;1-2-3-4-5-6-7-8-9-10-11-12-13-15-19-26-25(30)18-21-27(22-24-29)20-16-14-17-23-28/h47-48H,3-41H2,1-2H3,(H,44,50);28-29H,2-24H2,1H3,(H,26,30). The highest BCUT2D eigenvalue weighted by molar-refractivity contribution is 5.78. The molecule has 0 aromatic carbocycles. The van der Waals surface area contributed by atoms with Crippen LogP contribution in [-0.4, -0.2) is 151 Å². The molecule has 0 bridgehead atoms. The SMILES string of the molecule is CCCCCCCCCCCCCCCCC(=O)CCN(CCO)CCN(CCO)CCC(=O)NCCCCCCCCCCCCCCC.CCCCCCCCCCCCCCCNC(=O)CCN(CCO)CCCCCO. The van der Waals surface area contributed by atoms with E-state index in [1.165, 1.54) is 231 Å². The van der Waals surface area contributed by atoms with Crippen molar-refractivity contribution in [1.82, 2.24) is 25.3 Å². The summed E-state index contributed by atoms with van der Waals surface area (Å²) in [6.07, 6.45) is 58.0. The van der Waals surface area contributed by atoms with E-state index in [1.807, 2.05) is 0 Å². The number of hydrogen-bond acceptors (Lipinski definition) is 10. The van der Waals surface area contributed by atoms with Gasteiger partial charge in [0.1, 0.15) is 5.78 Å². The molecule has 0 aliphatic rings. The second kappa shape index (κ2) is 69.8. The average Bonchev–Trinajstić information content (AvgIpc) is 3.45.